The monoisotopic (exact) mass is 270 g/mol. The number of rotatable bonds is 5. The van der Waals surface area contributed by atoms with Gasteiger partial charge in [-0.3, -0.25) is 0 Å². The fourth-order valence-electron chi connectivity index (χ4n) is 1.55. The van der Waals surface area contributed by atoms with Crippen LogP contribution in [0.1, 0.15) is 12.1 Å². The van der Waals surface area contributed by atoms with Gasteiger partial charge in [0.2, 0.25) is 10.0 Å². The fourth-order valence-corrected chi connectivity index (χ4v) is 2.09. The number of aryl methyl sites for hydroxylation is 1. The van der Waals surface area contributed by atoms with Gasteiger partial charge in [-0.2, -0.15) is 14.6 Å². The summed E-state index contributed by atoms with van der Waals surface area (Å²) in [5.74, 6) is 1.18. The number of aromatic nitrogens is 4. The maximum absolute atomic E-state index is 10.8. The second-order valence-corrected chi connectivity index (χ2v) is 5.64. The summed E-state index contributed by atoms with van der Waals surface area (Å²) in [6.07, 6.45) is 1.84. The van der Waals surface area contributed by atoms with Crippen LogP contribution in [-0.2, 0) is 10.0 Å². The number of nitrogens with two attached hydrogens (primary N) is 1. The molecular weight excluding hydrogens is 256 g/mol. The van der Waals surface area contributed by atoms with Crippen molar-refractivity contribution in [3.63, 3.8) is 0 Å². The topological polar surface area (TPSA) is 115 Å². The summed E-state index contributed by atoms with van der Waals surface area (Å²) in [4.78, 5) is 8.19. The second kappa shape index (κ2) is 4.86. The quantitative estimate of drug-likeness (QED) is 0.709. The zero-order chi connectivity index (χ0) is 13.2. The summed E-state index contributed by atoms with van der Waals surface area (Å²) >= 11 is 0. The maximum atomic E-state index is 10.8. The Morgan fingerprint density at radius 2 is 2.28 bits per heavy atom. The number of sulfonamides is 1. The molecule has 2 aromatic heterocycles. The second-order valence-electron chi connectivity index (χ2n) is 3.90. The molecule has 0 aliphatic rings. The number of nitrogens with one attached hydrogen (secondary N) is 1. The summed E-state index contributed by atoms with van der Waals surface area (Å²) in [6.45, 7) is 2.33. The van der Waals surface area contributed by atoms with Crippen molar-refractivity contribution < 1.29 is 8.42 Å². The summed E-state index contributed by atoms with van der Waals surface area (Å²) in [5.41, 5.74) is 0.810. The van der Waals surface area contributed by atoms with E-state index in [2.05, 4.69) is 20.4 Å². The molecule has 0 bridgehead atoms. The molecule has 0 amide bonds. The maximum Gasteiger partial charge on any atom is 0.254 e. The van der Waals surface area contributed by atoms with Crippen LogP contribution in [0.4, 0.5) is 5.82 Å². The molecule has 0 saturated heterocycles. The summed E-state index contributed by atoms with van der Waals surface area (Å²) in [6, 6.07) is 1.82. The van der Waals surface area contributed by atoms with E-state index in [1.54, 1.807) is 4.52 Å². The lowest BCUT2D eigenvalue weighted by molar-refractivity contribution is 0.595. The molecule has 0 aliphatic carbocycles. The molecule has 0 saturated carbocycles. The molecule has 2 aromatic rings. The Morgan fingerprint density at radius 1 is 1.50 bits per heavy atom. The molecule has 0 aliphatic heterocycles. The van der Waals surface area contributed by atoms with Crippen molar-refractivity contribution in [2.24, 2.45) is 5.14 Å². The van der Waals surface area contributed by atoms with Crippen molar-refractivity contribution in [3.8, 4) is 0 Å². The van der Waals surface area contributed by atoms with Crippen LogP contribution in [0.5, 0.6) is 0 Å². The molecule has 9 heteroatoms. The highest BCUT2D eigenvalue weighted by atomic mass is 32.2. The first-order chi connectivity index (χ1) is 8.46. The molecule has 2 heterocycles. The number of nitrogens with zero attached hydrogens (tertiary/aromatic N) is 4. The predicted molar refractivity (Wildman–Crippen MR) is 66.6 cm³/mol. The fraction of sp³-hybridized carbons (Fsp3) is 0.444. The Labute approximate surface area is 104 Å². The van der Waals surface area contributed by atoms with Gasteiger partial charge in [-0.15, -0.1) is 0 Å². The standard InChI is InChI=1S/C9H14N6O2S/c1-7-5-8(11-3-2-4-18(10,16)17)15-9(14-7)12-6-13-15/h5-6,11H,2-4H2,1H3,(H2,10,16,17). The molecule has 98 valence electrons. The van der Waals surface area contributed by atoms with Gasteiger partial charge in [0, 0.05) is 18.3 Å². The zero-order valence-electron chi connectivity index (χ0n) is 9.87. The average Bonchev–Trinajstić information content (AvgIpc) is 2.70. The van der Waals surface area contributed by atoms with Crippen LogP contribution in [-0.4, -0.2) is 40.3 Å². The minimum absolute atomic E-state index is 0.0510. The van der Waals surface area contributed by atoms with E-state index in [1.807, 2.05) is 13.0 Å². The van der Waals surface area contributed by atoms with Crippen LogP contribution in [0.2, 0.25) is 0 Å². The van der Waals surface area contributed by atoms with Crippen LogP contribution < -0.4 is 10.5 Å². The van der Waals surface area contributed by atoms with Crippen molar-refractivity contribution >= 4 is 21.6 Å². The largest absolute Gasteiger partial charge is 0.370 e. The molecule has 8 nitrogen and oxygen atoms in total. The third-order valence-corrected chi connectivity index (χ3v) is 3.15. The number of primary sulfonamides is 1. The molecule has 3 N–H and O–H groups in total. The number of fused-ring (bicyclic) bond motifs is 1. The molecular formula is C9H14N6O2S. The van der Waals surface area contributed by atoms with Crippen molar-refractivity contribution in [2.75, 3.05) is 17.6 Å². The van der Waals surface area contributed by atoms with Crippen molar-refractivity contribution in [3.05, 3.63) is 18.1 Å². The van der Waals surface area contributed by atoms with Gasteiger partial charge in [-0.05, 0) is 13.3 Å². The van der Waals surface area contributed by atoms with Crippen molar-refractivity contribution in [1.82, 2.24) is 19.6 Å². The van der Waals surface area contributed by atoms with Gasteiger partial charge in [0.05, 0.1) is 5.75 Å². The molecule has 0 unspecified atom stereocenters. The van der Waals surface area contributed by atoms with E-state index in [1.165, 1.54) is 6.33 Å². The molecule has 0 atom stereocenters. The predicted octanol–water partition coefficient (Wildman–Crippen LogP) is -0.477. The molecule has 2 rings (SSSR count). The Bertz CT molecular complexity index is 650. The lowest BCUT2D eigenvalue weighted by Gasteiger charge is -2.07. The van der Waals surface area contributed by atoms with Gasteiger partial charge in [-0.1, -0.05) is 0 Å². The third-order valence-electron chi connectivity index (χ3n) is 2.29. The van der Waals surface area contributed by atoms with E-state index in [0.717, 1.165) is 11.5 Å². The minimum atomic E-state index is -3.41. The highest BCUT2D eigenvalue weighted by Gasteiger charge is 2.06. The van der Waals surface area contributed by atoms with Gasteiger partial charge >= 0.3 is 0 Å². The van der Waals surface area contributed by atoms with Crippen LogP contribution in [0.25, 0.3) is 5.78 Å². The Balaban J connectivity index is 2.05. The van der Waals surface area contributed by atoms with E-state index in [-0.39, 0.29) is 5.75 Å². The van der Waals surface area contributed by atoms with Crippen LogP contribution in [0.15, 0.2) is 12.4 Å². The van der Waals surface area contributed by atoms with Gasteiger partial charge in [0.15, 0.2) is 0 Å². The number of anilines is 1. The van der Waals surface area contributed by atoms with Gasteiger partial charge in [0.25, 0.3) is 5.78 Å². The normalized spacial score (nSPS) is 11.9. The minimum Gasteiger partial charge on any atom is -0.370 e. The highest BCUT2D eigenvalue weighted by molar-refractivity contribution is 7.89. The Hall–Kier alpha value is -1.74. The van der Waals surface area contributed by atoms with Gasteiger partial charge < -0.3 is 5.32 Å². The third kappa shape index (κ3) is 3.14. The molecule has 0 spiro atoms. The van der Waals surface area contributed by atoms with E-state index < -0.39 is 10.0 Å². The SMILES string of the molecule is Cc1cc(NCCCS(N)(=O)=O)n2ncnc2n1. The van der Waals surface area contributed by atoms with Crippen molar-refractivity contribution in [1.29, 1.82) is 0 Å². The Morgan fingerprint density at radius 3 is 3.00 bits per heavy atom. The smallest absolute Gasteiger partial charge is 0.254 e. The van der Waals surface area contributed by atoms with E-state index in [0.29, 0.717) is 18.7 Å². The molecule has 0 radical (unpaired) electrons. The number of hydrogen-bond donors (Lipinski definition) is 2. The van der Waals surface area contributed by atoms with Crippen LogP contribution >= 0.6 is 0 Å². The first-order valence-electron chi connectivity index (χ1n) is 5.37. The highest BCUT2D eigenvalue weighted by Crippen LogP contribution is 2.09. The summed E-state index contributed by atoms with van der Waals surface area (Å²) in [7, 11) is -3.41. The molecule has 0 aromatic carbocycles. The first kappa shape index (κ1) is 12.7. The van der Waals surface area contributed by atoms with E-state index in [4.69, 9.17) is 5.14 Å². The van der Waals surface area contributed by atoms with Crippen LogP contribution in [0.3, 0.4) is 0 Å². The lowest BCUT2D eigenvalue weighted by Crippen LogP contribution is -2.19. The van der Waals surface area contributed by atoms with E-state index >= 15 is 0 Å². The lowest BCUT2D eigenvalue weighted by atomic mass is 10.4. The zero-order valence-corrected chi connectivity index (χ0v) is 10.7. The average molecular weight is 270 g/mol. The van der Waals surface area contributed by atoms with Crippen molar-refractivity contribution in [2.45, 2.75) is 13.3 Å². The van der Waals surface area contributed by atoms with Crippen LogP contribution in [0, 0.1) is 6.92 Å². The molecule has 18 heavy (non-hydrogen) atoms. The first-order valence-corrected chi connectivity index (χ1v) is 7.09. The van der Waals surface area contributed by atoms with E-state index in [9.17, 15) is 8.42 Å². The van der Waals surface area contributed by atoms with Gasteiger partial charge in [0.1, 0.15) is 12.1 Å². The Kier molecular flexibility index (Phi) is 3.43. The number of hydrogen-bond acceptors (Lipinski definition) is 6. The summed E-state index contributed by atoms with van der Waals surface area (Å²) < 4.78 is 23.1. The van der Waals surface area contributed by atoms with Gasteiger partial charge in [-0.25, -0.2) is 18.5 Å². The summed E-state index contributed by atoms with van der Waals surface area (Å²) in [5, 5.41) is 12.0. The molecule has 0 fully saturated rings.